The van der Waals surface area contributed by atoms with Crippen molar-refractivity contribution in [2.24, 2.45) is 0 Å². The van der Waals surface area contributed by atoms with E-state index < -0.39 is 0 Å². The van der Waals surface area contributed by atoms with Crippen molar-refractivity contribution in [2.75, 3.05) is 17.2 Å². The third kappa shape index (κ3) is 1.46. The van der Waals surface area contributed by atoms with Crippen LogP contribution < -0.4 is 5.73 Å². The van der Waals surface area contributed by atoms with Gasteiger partial charge < -0.3 is 10.3 Å². The number of imidazole rings is 1. The molecule has 1 aromatic heterocycles. The zero-order valence-electron chi connectivity index (χ0n) is 8.69. The molecule has 0 amide bonds. The van der Waals surface area contributed by atoms with Gasteiger partial charge in [-0.25, -0.2) is 9.37 Å². The first-order valence-corrected chi connectivity index (χ1v) is 6.42. The minimum Gasteiger partial charge on any atom is -0.369 e. The molecule has 2 aromatic rings. The van der Waals surface area contributed by atoms with Crippen LogP contribution in [0.25, 0.3) is 11.0 Å². The van der Waals surface area contributed by atoms with Gasteiger partial charge in [-0.15, -0.1) is 0 Å². The molecular weight excluding hydrogens is 225 g/mol. The molecule has 84 valence electrons. The Bertz CT molecular complexity index is 531. The van der Waals surface area contributed by atoms with Gasteiger partial charge in [0, 0.05) is 11.8 Å². The van der Waals surface area contributed by atoms with Crippen molar-refractivity contribution in [2.45, 2.75) is 12.5 Å². The predicted molar refractivity (Wildman–Crippen MR) is 65.1 cm³/mol. The summed E-state index contributed by atoms with van der Waals surface area (Å²) in [5, 5.41) is 0. The second kappa shape index (κ2) is 3.66. The Balaban J connectivity index is 2.20. The molecule has 1 unspecified atom stereocenters. The van der Waals surface area contributed by atoms with E-state index in [2.05, 4.69) is 4.98 Å². The molecule has 5 heteroatoms. The monoisotopic (exact) mass is 237 g/mol. The quantitative estimate of drug-likeness (QED) is 0.828. The van der Waals surface area contributed by atoms with E-state index in [9.17, 15) is 4.39 Å². The van der Waals surface area contributed by atoms with Gasteiger partial charge in [0.25, 0.3) is 0 Å². The molecule has 2 N–H and O–H groups in total. The number of nitrogen functional groups attached to an aromatic ring is 1. The predicted octanol–water partition coefficient (Wildman–Crippen LogP) is 2.44. The molecule has 2 heterocycles. The summed E-state index contributed by atoms with van der Waals surface area (Å²) in [5.41, 5.74) is 7.49. The summed E-state index contributed by atoms with van der Waals surface area (Å²) in [5.74, 6) is 2.43. The van der Waals surface area contributed by atoms with Crippen LogP contribution in [0.3, 0.4) is 0 Å². The number of halogens is 1. The third-order valence-electron chi connectivity index (χ3n) is 2.95. The molecule has 0 saturated carbocycles. The Labute approximate surface area is 96.8 Å². The lowest BCUT2D eigenvalue weighted by molar-refractivity contribution is 0.580. The molecular formula is C11H12FN3S. The molecule has 0 aliphatic carbocycles. The molecule has 1 fully saturated rings. The van der Waals surface area contributed by atoms with Crippen LogP contribution >= 0.6 is 11.8 Å². The maximum absolute atomic E-state index is 13.2. The summed E-state index contributed by atoms with van der Waals surface area (Å²) < 4.78 is 15.2. The number of benzene rings is 1. The van der Waals surface area contributed by atoms with Crippen LogP contribution in [0.1, 0.15) is 12.5 Å². The molecule has 3 rings (SSSR count). The van der Waals surface area contributed by atoms with Gasteiger partial charge in [0.1, 0.15) is 5.82 Å². The highest BCUT2D eigenvalue weighted by Crippen LogP contribution is 2.33. The van der Waals surface area contributed by atoms with Crippen molar-refractivity contribution in [1.29, 1.82) is 0 Å². The van der Waals surface area contributed by atoms with Crippen molar-refractivity contribution < 1.29 is 4.39 Å². The molecule has 16 heavy (non-hydrogen) atoms. The van der Waals surface area contributed by atoms with E-state index in [4.69, 9.17) is 5.73 Å². The number of rotatable bonds is 1. The average molecular weight is 237 g/mol. The second-order valence-corrected chi connectivity index (χ2v) is 5.14. The number of fused-ring (bicyclic) bond motifs is 1. The largest absolute Gasteiger partial charge is 0.369 e. The van der Waals surface area contributed by atoms with Gasteiger partial charge in [-0.05, 0) is 30.4 Å². The fraction of sp³-hybridized carbons (Fsp3) is 0.364. The first-order valence-electron chi connectivity index (χ1n) is 5.26. The minimum absolute atomic E-state index is 0.237. The topological polar surface area (TPSA) is 43.8 Å². The number of thioether (sulfide) groups is 1. The highest BCUT2D eigenvalue weighted by atomic mass is 32.2. The summed E-state index contributed by atoms with van der Waals surface area (Å²) >= 11 is 1.90. The Hall–Kier alpha value is -1.23. The highest BCUT2D eigenvalue weighted by Gasteiger charge is 2.22. The molecule has 3 nitrogen and oxygen atoms in total. The SMILES string of the molecule is Nc1nc2ccc(F)cc2n1C1CCSC1. The lowest BCUT2D eigenvalue weighted by atomic mass is 10.2. The Morgan fingerprint density at radius 3 is 3.12 bits per heavy atom. The van der Waals surface area contributed by atoms with Crippen LogP contribution in [0.15, 0.2) is 18.2 Å². The summed E-state index contributed by atoms with van der Waals surface area (Å²) in [4.78, 5) is 4.26. The van der Waals surface area contributed by atoms with E-state index in [0.29, 0.717) is 12.0 Å². The summed E-state index contributed by atoms with van der Waals surface area (Å²) in [6.07, 6.45) is 1.08. The standard InChI is InChI=1S/C11H12FN3S/c12-7-1-2-9-10(5-7)15(11(13)14-9)8-3-4-16-6-8/h1-2,5,8H,3-4,6H2,(H2,13,14). The van der Waals surface area contributed by atoms with Gasteiger partial charge in [-0.2, -0.15) is 11.8 Å². The Morgan fingerprint density at radius 2 is 2.38 bits per heavy atom. The van der Waals surface area contributed by atoms with Crippen molar-refractivity contribution >= 4 is 28.7 Å². The molecule has 0 bridgehead atoms. The zero-order valence-corrected chi connectivity index (χ0v) is 9.51. The van der Waals surface area contributed by atoms with Crippen LogP contribution in [0.5, 0.6) is 0 Å². The van der Waals surface area contributed by atoms with E-state index >= 15 is 0 Å². The molecule has 1 aromatic carbocycles. The lowest BCUT2D eigenvalue weighted by Crippen LogP contribution is -2.10. The number of aromatic nitrogens is 2. The summed E-state index contributed by atoms with van der Waals surface area (Å²) in [6, 6.07) is 4.97. The fourth-order valence-corrected chi connectivity index (χ4v) is 3.39. The van der Waals surface area contributed by atoms with E-state index in [0.717, 1.165) is 29.0 Å². The number of hydrogen-bond donors (Lipinski definition) is 1. The average Bonchev–Trinajstić information content (AvgIpc) is 2.83. The van der Waals surface area contributed by atoms with Crippen molar-refractivity contribution in [3.8, 4) is 0 Å². The molecule has 1 aliphatic rings. The number of nitrogens with zero attached hydrogens (tertiary/aromatic N) is 2. The first kappa shape index (κ1) is 9.96. The molecule has 0 spiro atoms. The van der Waals surface area contributed by atoms with Gasteiger partial charge in [-0.3, -0.25) is 0 Å². The minimum atomic E-state index is -0.237. The second-order valence-electron chi connectivity index (χ2n) is 3.99. The number of hydrogen-bond acceptors (Lipinski definition) is 3. The number of nitrogens with two attached hydrogens (primary N) is 1. The highest BCUT2D eigenvalue weighted by molar-refractivity contribution is 7.99. The van der Waals surface area contributed by atoms with E-state index in [-0.39, 0.29) is 5.82 Å². The van der Waals surface area contributed by atoms with Crippen molar-refractivity contribution in [3.63, 3.8) is 0 Å². The Kier molecular flexibility index (Phi) is 2.28. The lowest BCUT2D eigenvalue weighted by Gasteiger charge is -2.13. The molecule has 1 atom stereocenters. The number of anilines is 1. The zero-order chi connectivity index (χ0) is 11.1. The van der Waals surface area contributed by atoms with E-state index in [1.807, 2.05) is 16.3 Å². The maximum Gasteiger partial charge on any atom is 0.201 e. The van der Waals surface area contributed by atoms with Gasteiger partial charge >= 0.3 is 0 Å². The smallest absolute Gasteiger partial charge is 0.201 e. The molecule has 1 aliphatic heterocycles. The fourth-order valence-electron chi connectivity index (χ4n) is 2.19. The van der Waals surface area contributed by atoms with Crippen molar-refractivity contribution in [3.05, 3.63) is 24.0 Å². The molecule has 0 radical (unpaired) electrons. The maximum atomic E-state index is 13.2. The van der Waals surface area contributed by atoms with Crippen LogP contribution in [0.2, 0.25) is 0 Å². The van der Waals surface area contributed by atoms with Crippen LogP contribution in [-0.2, 0) is 0 Å². The normalized spacial score (nSPS) is 20.7. The summed E-state index contributed by atoms with van der Waals surface area (Å²) in [6.45, 7) is 0. The van der Waals surface area contributed by atoms with Crippen LogP contribution in [0, 0.1) is 5.82 Å². The van der Waals surface area contributed by atoms with Crippen LogP contribution in [-0.4, -0.2) is 21.1 Å². The van der Waals surface area contributed by atoms with Crippen LogP contribution in [0.4, 0.5) is 10.3 Å². The van der Waals surface area contributed by atoms with Gasteiger partial charge in [0.05, 0.1) is 11.0 Å². The van der Waals surface area contributed by atoms with Crippen molar-refractivity contribution in [1.82, 2.24) is 9.55 Å². The van der Waals surface area contributed by atoms with Gasteiger partial charge in [-0.1, -0.05) is 0 Å². The third-order valence-corrected chi connectivity index (χ3v) is 4.09. The van der Waals surface area contributed by atoms with E-state index in [1.54, 1.807) is 6.07 Å². The Morgan fingerprint density at radius 1 is 1.50 bits per heavy atom. The van der Waals surface area contributed by atoms with Gasteiger partial charge in [0.2, 0.25) is 5.95 Å². The molecule has 1 saturated heterocycles. The van der Waals surface area contributed by atoms with E-state index in [1.165, 1.54) is 12.1 Å². The summed E-state index contributed by atoms with van der Waals surface area (Å²) in [7, 11) is 0. The van der Waals surface area contributed by atoms with Gasteiger partial charge in [0.15, 0.2) is 0 Å². The first-order chi connectivity index (χ1) is 7.75.